The summed E-state index contributed by atoms with van der Waals surface area (Å²) in [6, 6.07) is 4.03. The molecule has 2 saturated heterocycles. The lowest BCUT2D eigenvalue weighted by Crippen LogP contribution is -2.41. The zero-order valence-electron chi connectivity index (χ0n) is 12.0. The molecule has 0 saturated carbocycles. The highest BCUT2D eigenvalue weighted by atomic mass is 32.2. The SMILES string of the molecule is CCc1cccnc1C(O)C1CCOC2(CCSC2)C1. The van der Waals surface area contributed by atoms with Crippen molar-refractivity contribution in [2.24, 2.45) is 5.92 Å². The van der Waals surface area contributed by atoms with Gasteiger partial charge in [0.1, 0.15) is 0 Å². The van der Waals surface area contributed by atoms with E-state index in [0.29, 0.717) is 0 Å². The number of thioether (sulfide) groups is 1. The second-order valence-corrected chi connectivity index (χ2v) is 7.04. The third kappa shape index (κ3) is 2.74. The molecule has 2 aliphatic rings. The summed E-state index contributed by atoms with van der Waals surface area (Å²) in [6.45, 7) is 2.89. The van der Waals surface area contributed by atoms with Crippen molar-refractivity contribution in [2.45, 2.75) is 44.3 Å². The van der Waals surface area contributed by atoms with Crippen LogP contribution in [-0.2, 0) is 11.2 Å². The number of aliphatic hydroxyl groups is 1. The summed E-state index contributed by atoms with van der Waals surface area (Å²) >= 11 is 1.97. The first-order valence-corrected chi connectivity index (χ1v) is 8.73. The number of nitrogens with zero attached hydrogens (tertiary/aromatic N) is 1. The van der Waals surface area contributed by atoms with Gasteiger partial charge in [0, 0.05) is 18.6 Å². The van der Waals surface area contributed by atoms with E-state index in [-0.39, 0.29) is 11.5 Å². The van der Waals surface area contributed by atoms with E-state index in [9.17, 15) is 5.11 Å². The number of aromatic nitrogens is 1. The van der Waals surface area contributed by atoms with Gasteiger partial charge in [0.25, 0.3) is 0 Å². The smallest absolute Gasteiger partial charge is 0.0992 e. The lowest BCUT2D eigenvalue weighted by Gasteiger charge is -2.39. The topological polar surface area (TPSA) is 42.4 Å². The number of ether oxygens (including phenoxy) is 1. The number of hydrogen-bond donors (Lipinski definition) is 1. The molecule has 3 unspecified atom stereocenters. The van der Waals surface area contributed by atoms with E-state index in [4.69, 9.17) is 4.74 Å². The van der Waals surface area contributed by atoms with Gasteiger partial charge in [-0.1, -0.05) is 13.0 Å². The molecule has 20 heavy (non-hydrogen) atoms. The molecule has 0 bridgehead atoms. The van der Waals surface area contributed by atoms with Gasteiger partial charge < -0.3 is 9.84 Å². The molecule has 3 rings (SSSR count). The Morgan fingerprint density at radius 2 is 2.50 bits per heavy atom. The number of rotatable bonds is 3. The van der Waals surface area contributed by atoms with Gasteiger partial charge in [-0.3, -0.25) is 4.98 Å². The first-order valence-electron chi connectivity index (χ1n) is 7.58. The van der Waals surface area contributed by atoms with Crippen molar-refractivity contribution >= 4 is 11.8 Å². The van der Waals surface area contributed by atoms with Crippen molar-refractivity contribution in [3.63, 3.8) is 0 Å². The molecule has 1 aromatic heterocycles. The Kier molecular flexibility index (Phi) is 4.34. The molecule has 3 nitrogen and oxygen atoms in total. The summed E-state index contributed by atoms with van der Waals surface area (Å²) in [6.07, 6.45) is 5.30. The Hall–Kier alpha value is -0.580. The highest BCUT2D eigenvalue weighted by molar-refractivity contribution is 7.99. The molecule has 4 heteroatoms. The highest BCUT2D eigenvalue weighted by Gasteiger charge is 2.42. The number of aliphatic hydroxyl groups excluding tert-OH is 1. The monoisotopic (exact) mass is 293 g/mol. The molecule has 0 radical (unpaired) electrons. The molecule has 1 aromatic rings. The Bertz CT molecular complexity index is 460. The minimum Gasteiger partial charge on any atom is -0.387 e. The summed E-state index contributed by atoms with van der Waals surface area (Å²) in [5.74, 6) is 2.55. The van der Waals surface area contributed by atoms with Crippen molar-refractivity contribution in [3.05, 3.63) is 29.6 Å². The van der Waals surface area contributed by atoms with Gasteiger partial charge in [-0.15, -0.1) is 0 Å². The predicted molar refractivity (Wildman–Crippen MR) is 81.9 cm³/mol. The van der Waals surface area contributed by atoms with Gasteiger partial charge in [-0.2, -0.15) is 11.8 Å². The number of aryl methyl sites for hydroxylation is 1. The van der Waals surface area contributed by atoms with Gasteiger partial charge in [0.2, 0.25) is 0 Å². The molecule has 1 N–H and O–H groups in total. The molecule has 3 heterocycles. The van der Waals surface area contributed by atoms with Gasteiger partial charge in [-0.25, -0.2) is 0 Å². The maximum Gasteiger partial charge on any atom is 0.0992 e. The summed E-state index contributed by atoms with van der Waals surface area (Å²) in [5.41, 5.74) is 2.07. The fourth-order valence-electron chi connectivity index (χ4n) is 3.44. The lowest BCUT2D eigenvalue weighted by atomic mass is 9.80. The first kappa shape index (κ1) is 14.4. The zero-order chi connectivity index (χ0) is 14.0. The second kappa shape index (κ2) is 6.04. The van der Waals surface area contributed by atoms with Crippen LogP contribution in [-0.4, -0.2) is 33.8 Å². The van der Waals surface area contributed by atoms with Crippen LogP contribution >= 0.6 is 11.8 Å². The van der Waals surface area contributed by atoms with E-state index in [1.807, 2.05) is 17.8 Å². The van der Waals surface area contributed by atoms with E-state index in [1.54, 1.807) is 6.20 Å². The van der Waals surface area contributed by atoms with Gasteiger partial charge in [0.05, 0.1) is 17.4 Å². The minimum atomic E-state index is -0.447. The van der Waals surface area contributed by atoms with E-state index in [0.717, 1.165) is 43.7 Å². The quantitative estimate of drug-likeness (QED) is 0.930. The molecular weight excluding hydrogens is 270 g/mol. The maximum absolute atomic E-state index is 10.8. The average molecular weight is 293 g/mol. The van der Waals surface area contributed by atoms with Gasteiger partial charge in [-0.05, 0) is 49.0 Å². The van der Waals surface area contributed by atoms with Crippen molar-refractivity contribution in [1.82, 2.24) is 4.98 Å². The van der Waals surface area contributed by atoms with E-state index < -0.39 is 6.10 Å². The highest BCUT2D eigenvalue weighted by Crippen LogP contribution is 2.44. The average Bonchev–Trinajstić information content (AvgIpc) is 2.94. The molecule has 110 valence electrons. The Balaban J connectivity index is 1.77. The third-order valence-corrected chi connectivity index (χ3v) is 5.85. The molecular formula is C16H23NO2S. The van der Waals surface area contributed by atoms with E-state index >= 15 is 0 Å². The Labute approximate surface area is 125 Å². The summed E-state index contributed by atoms with van der Waals surface area (Å²) in [4.78, 5) is 4.44. The Morgan fingerprint density at radius 1 is 1.60 bits per heavy atom. The molecule has 2 aliphatic heterocycles. The van der Waals surface area contributed by atoms with Crippen molar-refractivity contribution in [3.8, 4) is 0 Å². The van der Waals surface area contributed by atoms with Crippen LogP contribution in [0.15, 0.2) is 18.3 Å². The maximum atomic E-state index is 10.8. The van der Waals surface area contributed by atoms with Crippen LogP contribution in [0, 0.1) is 5.92 Å². The standard InChI is InChI=1S/C16H23NO2S/c1-2-12-4-3-7-17-14(12)15(18)13-5-8-19-16(10-13)6-9-20-11-16/h3-4,7,13,15,18H,2,5-6,8-11H2,1H3. The van der Waals surface area contributed by atoms with Crippen LogP contribution in [0.5, 0.6) is 0 Å². The van der Waals surface area contributed by atoms with E-state index in [2.05, 4.69) is 18.0 Å². The van der Waals surface area contributed by atoms with E-state index in [1.165, 1.54) is 11.3 Å². The van der Waals surface area contributed by atoms with Crippen LogP contribution in [0.1, 0.15) is 43.5 Å². The first-order chi connectivity index (χ1) is 9.74. The number of hydrogen-bond acceptors (Lipinski definition) is 4. The van der Waals surface area contributed by atoms with Crippen molar-refractivity contribution in [1.29, 1.82) is 0 Å². The van der Waals surface area contributed by atoms with Crippen molar-refractivity contribution < 1.29 is 9.84 Å². The number of pyridine rings is 1. The molecule has 0 amide bonds. The second-order valence-electron chi connectivity index (χ2n) is 5.93. The summed E-state index contributed by atoms with van der Waals surface area (Å²) in [7, 11) is 0. The minimum absolute atomic E-state index is 0.0235. The molecule has 2 fully saturated rings. The normalized spacial score (nSPS) is 31.6. The van der Waals surface area contributed by atoms with Crippen LogP contribution in [0.2, 0.25) is 0 Å². The molecule has 0 aromatic carbocycles. The van der Waals surface area contributed by atoms with Gasteiger partial charge in [0.15, 0.2) is 0 Å². The third-order valence-electron chi connectivity index (χ3n) is 4.63. The van der Waals surface area contributed by atoms with Crippen LogP contribution in [0.25, 0.3) is 0 Å². The zero-order valence-corrected chi connectivity index (χ0v) is 12.9. The molecule has 1 spiro atoms. The fourth-order valence-corrected chi connectivity index (χ4v) is 4.82. The fraction of sp³-hybridized carbons (Fsp3) is 0.688. The molecule has 3 atom stereocenters. The van der Waals surface area contributed by atoms with Gasteiger partial charge >= 0.3 is 0 Å². The molecule has 0 aliphatic carbocycles. The van der Waals surface area contributed by atoms with Crippen LogP contribution in [0.4, 0.5) is 0 Å². The van der Waals surface area contributed by atoms with Crippen molar-refractivity contribution in [2.75, 3.05) is 18.1 Å². The van der Waals surface area contributed by atoms with Crippen LogP contribution < -0.4 is 0 Å². The predicted octanol–water partition coefficient (Wildman–Crippen LogP) is 2.98. The Morgan fingerprint density at radius 3 is 3.25 bits per heavy atom. The summed E-state index contributed by atoms with van der Waals surface area (Å²) < 4.78 is 6.05. The largest absolute Gasteiger partial charge is 0.387 e. The summed E-state index contributed by atoms with van der Waals surface area (Å²) in [5, 5.41) is 10.8. The van der Waals surface area contributed by atoms with Crippen LogP contribution in [0.3, 0.4) is 0 Å². The lowest BCUT2D eigenvalue weighted by molar-refractivity contribution is -0.102.